The van der Waals surface area contributed by atoms with E-state index in [9.17, 15) is 5.11 Å². The predicted octanol–water partition coefficient (Wildman–Crippen LogP) is 1.75. The summed E-state index contributed by atoms with van der Waals surface area (Å²) in [5, 5.41) is 12.9. The van der Waals surface area contributed by atoms with E-state index in [0.717, 1.165) is 31.0 Å². The summed E-state index contributed by atoms with van der Waals surface area (Å²) < 4.78 is 5.54. The average molecular weight is 236 g/mol. The van der Waals surface area contributed by atoms with Crippen molar-refractivity contribution in [3.63, 3.8) is 0 Å². The van der Waals surface area contributed by atoms with Crippen molar-refractivity contribution < 1.29 is 9.84 Å². The molecule has 94 valence electrons. The molecule has 1 aromatic rings. The highest BCUT2D eigenvalue weighted by atomic mass is 16.5. The van der Waals surface area contributed by atoms with Gasteiger partial charge in [-0.15, -0.1) is 0 Å². The third kappa shape index (κ3) is 3.68. The van der Waals surface area contributed by atoms with Gasteiger partial charge in [-0.1, -0.05) is 0 Å². The third-order valence-corrected chi connectivity index (χ3v) is 3.05. The van der Waals surface area contributed by atoms with Crippen molar-refractivity contribution in [2.75, 3.05) is 13.2 Å². The minimum atomic E-state index is 0.264. The van der Waals surface area contributed by atoms with Gasteiger partial charge in [0.1, 0.15) is 5.75 Å². The molecule has 1 aromatic heterocycles. The lowest BCUT2D eigenvalue weighted by Gasteiger charge is -2.10. The standard InChI is InChI=1S/C13H20N2O2/c1-10-4-5-13(16)12(15-10)9-14-7-6-11-3-2-8-17-11/h4-5,11,14,16H,2-3,6-9H2,1H3. The molecule has 0 amide bonds. The molecule has 1 unspecified atom stereocenters. The zero-order valence-electron chi connectivity index (χ0n) is 10.3. The first-order chi connectivity index (χ1) is 8.25. The van der Waals surface area contributed by atoms with Crippen molar-refractivity contribution in [3.8, 4) is 5.75 Å². The quantitative estimate of drug-likeness (QED) is 0.765. The molecule has 17 heavy (non-hydrogen) atoms. The molecular weight excluding hydrogens is 216 g/mol. The molecule has 1 aliphatic heterocycles. The van der Waals surface area contributed by atoms with Crippen LogP contribution in [0.15, 0.2) is 12.1 Å². The Morgan fingerprint density at radius 2 is 2.41 bits per heavy atom. The molecular formula is C13H20N2O2. The maximum atomic E-state index is 9.62. The Kier molecular flexibility index (Phi) is 4.34. The van der Waals surface area contributed by atoms with Crippen LogP contribution in [0.2, 0.25) is 0 Å². The van der Waals surface area contributed by atoms with E-state index in [0.29, 0.717) is 12.6 Å². The van der Waals surface area contributed by atoms with Gasteiger partial charge < -0.3 is 15.2 Å². The van der Waals surface area contributed by atoms with Gasteiger partial charge in [0.05, 0.1) is 11.8 Å². The molecule has 4 heteroatoms. The van der Waals surface area contributed by atoms with Gasteiger partial charge >= 0.3 is 0 Å². The van der Waals surface area contributed by atoms with E-state index in [4.69, 9.17) is 4.74 Å². The fourth-order valence-electron chi connectivity index (χ4n) is 2.08. The van der Waals surface area contributed by atoms with Gasteiger partial charge in [0, 0.05) is 18.8 Å². The first kappa shape index (κ1) is 12.3. The summed E-state index contributed by atoms with van der Waals surface area (Å²) in [5.41, 5.74) is 1.65. The summed E-state index contributed by atoms with van der Waals surface area (Å²) in [4.78, 5) is 4.30. The highest BCUT2D eigenvalue weighted by molar-refractivity contribution is 5.27. The Bertz CT molecular complexity index is 362. The smallest absolute Gasteiger partial charge is 0.138 e. The van der Waals surface area contributed by atoms with E-state index in [2.05, 4.69) is 10.3 Å². The van der Waals surface area contributed by atoms with Crippen molar-refractivity contribution >= 4 is 0 Å². The van der Waals surface area contributed by atoms with Gasteiger partial charge in [-0.3, -0.25) is 4.98 Å². The van der Waals surface area contributed by atoms with Gasteiger partial charge in [-0.2, -0.15) is 0 Å². The van der Waals surface area contributed by atoms with Crippen LogP contribution in [0.5, 0.6) is 5.75 Å². The Labute approximate surface area is 102 Å². The molecule has 2 rings (SSSR count). The monoisotopic (exact) mass is 236 g/mol. The third-order valence-electron chi connectivity index (χ3n) is 3.05. The number of rotatable bonds is 5. The van der Waals surface area contributed by atoms with Crippen LogP contribution in [0.1, 0.15) is 30.7 Å². The fraction of sp³-hybridized carbons (Fsp3) is 0.615. The highest BCUT2D eigenvalue weighted by Crippen LogP contribution is 2.16. The van der Waals surface area contributed by atoms with Crippen molar-refractivity contribution in [2.45, 2.75) is 38.8 Å². The Morgan fingerprint density at radius 1 is 1.53 bits per heavy atom. The van der Waals surface area contributed by atoms with Crippen molar-refractivity contribution in [2.24, 2.45) is 0 Å². The van der Waals surface area contributed by atoms with E-state index < -0.39 is 0 Å². The highest BCUT2D eigenvalue weighted by Gasteiger charge is 2.14. The number of nitrogens with one attached hydrogen (secondary N) is 1. The topological polar surface area (TPSA) is 54.4 Å². The van der Waals surface area contributed by atoms with Crippen LogP contribution in [0.3, 0.4) is 0 Å². The minimum absolute atomic E-state index is 0.264. The molecule has 1 saturated heterocycles. The molecule has 0 bridgehead atoms. The summed E-state index contributed by atoms with van der Waals surface area (Å²) >= 11 is 0. The zero-order valence-corrected chi connectivity index (χ0v) is 10.3. The van der Waals surface area contributed by atoms with Crippen LogP contribution >= 0.6 is 0 Å². The van der Waals surface area contributed by atoms with Crippen molar-refractivity contribution in [1.29, 1.82) is 0 Å². The second-order valence-corrected chi connectivity index (χ2v) is 4.52. The largest absolute Gasteiger partial charge is 0.506 e. The van der Waals surface area contributed by atoms with E-state index >= 15 is 0 Å². The number of nitrogens with zero attached hydrogens (tertiary/aromatic N) is 1. The number of aryl methyl sites for hydroxylation is 1. The van der Waals surface area contributed by atoms with Crippen LogP contribution in [0, 0.1) is 6.92 Å². The van der Waals surface area contributed by atoms with Crippen molar-refractivity contribution in [3.05, 3.63) is 23.5 Å². The molecule has 0 aliphatic carbocycles. The van der Waals surface area contributed by atoms with Crippen LogP contribution in [0.4, 0.5) is 0 Å². The van der Waals surface area contributed by atoms with Gasteiger partial charge in [-0.05, 0) is 44.9 Å². The van der Waals surface area contributed by atoms with E-state index in [1.165, 1.54) is 12.8 Å². The molecule has 0 saturated carbocycles. The summed E-state index contributed by atoms with van der Waals surface area (Å²) in [7, 11) is 0. The Morgan fingerprint density at radius 3 is 3.18 bits per heavy atom. The number of ether oxygens (including phenoxy) is 1. The molecule has 4 nitrogen and oxygen atoms in total. The second kappa shape index (κ2) is 5.98. The molecule has 0 spiro atoms. The van der Waals surface area contributed by atoms with E-state index in [1.54, 1.807) is 6.07 Å². The normalized spacial score (nSPS) is 19.7. The average Bonchev–Trinajstić information content (AvgIpc) is 2.82. The maximum absolute atomic E-state index is 9.62. The predicted molar refractivity (Wildman–Crippen MR) is 65.9 cm³/mol. The molecule has 1 aliphatic rings. The molecule has 0 aromatic carbocycles. The second-order valence-electron chi connectivity index (χ2n) is 4.52. The number of aromatic nitrogens is 1. The van der Waals surface area contributed by atoms with Crippen LogP contribution in [0.25, 0.3) is 0 Å². The first-order valence-electron chi connectivity index (χ1n) is 6.23. The number of pyridine rings is 1. The van der Waals surface area contributed by atoms with E-state index in [1.807, 2.05) is 13.0 Å². The molecule has 2 N–H and O–H groups in total. The summed E-state index contributed by atoms with van der Waals surface area (Å²) in [5.74, 6) is 0.264. The SMILES string of the molecule is Cc1ccc(O)c(CNCCC2CCCO2)n1. The van der Waals surface area contributed by atoms with Crippen LogP contribution in [-0.4, -0.2) is 29.3 Å². The summed E-state index contributed by atoms with van der Waals surface area (Å²) in [6, 6.07) is 3.50. The lowest BCUT2D eigenvalue weighted by atomic mass is 10.2. The number of hydrogen-bond donors (Lipinski definition) is 2. The number of hydrogen-bond acceptors (Lipinski definition) is 4. The maximum Gasteiger partial charge on any atom is 0.138 e. The van der Waals surface area contributed by atoms with Crippen LogP contribution < -0.4 is 5.32 Å². The summed E-state index contributed by atoms with van der Waals surface area (Å²) in [6.45, 7) is 4.35. The zero-order chi connectivity index (χ0) is 12.1. The Balaban J connectivity index is 1.72. The van der Waals surface area contributed by atoms with E-state index in [-0.39, 0.29) is 5.75 Å². The lowest BCUT2D eigenvalue weighted by molar-refractivity contribution is 0.104. The summed E-state index contributed by atoms with van der Waals surface area (Å²) in [6.07, 6.45) is 3.81. The molecule has 2 heterocycles. The minimum Gasteiger partial charge on any atom is -0.506 e. The molecule has 1 fully saturated rings. The first-order valence-corrected chi connectivity index (χ1v) is 6.23. The van der Waals surface area contributed by atoms with Gasteiger partial charge in [0.25, 0.3) is 0 Å². The van der Waals surface area contributed by atoms with Gasteiger partial charge in [0.15, 0.2) is 0 Å². The van der Waals surface area contributed by atoms with Crippen molar-refractivity contribution in [1.82, 2.24) is 10.3 Å². The molecule has 0 radical (unpaired) electrons. The Hall–Kier alpha value is -1.13. The molecule has 1 atom stereocenters. The van der Waals surface area contributed by atoms with Crippen LogP contribution in [-0.2, 0) is 11.3 Å². The van der Waals surface area contributed by atoms with Gasteiger partial charge in [-0.25, -0.2) is 0 Å². The number of aromatic hydroxyl groups is 1. The fourth-order valence-corrected chi connectivity index (χ4v) is 2.08. The lowest BCUT2D eigenvalue weighted by Crippen LogP contribution is -2.20. The van der Waals surface area contributed by atoms with Gasteiger partial charge in [0.2, 0.25) is 0 Å².